The van der Waals surface area contributed by atoms with E-state index in [9.17, 15) is 14.4 Å². The van der Waals surface area contributed by atoms with E-state index in [1.807, 2.05) is 6.07 Å². The number of nitrogens with zero attached hydrogens (tertiary/aromatic N) is 1. The quantitative estimate of drug-likeness (QED) is 0.782. The number of nitriles is 1. The average Bonchev–Trinajstić information content (AvgIpc) is 2.51. The van der Waals surface area contributed by atoms with Crippen LogP contribution in [0.5, 0.6) is 5.75 Å². The lowest BCUT2D eigenvalue weighted by molar-refractivity contribution is 0.0978. The summed E-state index contributed by atoms with van der Waals surface area (Å²) in [5, 5.41) is 9.26. The van der Waals surface area contributed by atoms with Gasteiger partial charge in [-0.3, -0.25) is 4.79 Å². The maximum Gasteiger partial charge on any atom is 0.184 e. The van der Waals surface area contributed by atoms with E-state index >= 15 is 0 Å². The van der Waals surface area contributed by atoms with Crippen LogP contribution in [0.4, 0.5) is 4.39 Å². The van der Waals surface area contributed by atoms with Crippen LogP contribution >= 0.6 is 15.9 Å². The van der Waals surface area contributed by atoms with Gasteiger partial charge in [0.1, 0.15) is 17.5 Å². The fourth-order valence-corrected chi connectivity index (χ4v) is 2.14. The van der Waals surface area contributed by atoms with Gasteiger partial charge < -0.3 is 4.74 Å². The number of hydrogen-bond donors (Lipinski definition) is 0. The van der Waals surface area contributed by atoms with Gasteiger partial charge in [0.15, 0.2) is 5.78 Å². The van der Waals surface area contributed by atoms with E-state index in [2.05, 4.69) is 15.9 Å². The highest BCUT2D eigenvalue weighted by atomic mass is 79.9. The lowest BCUT2D eigenvalue weighted by Gasteiger charge is -2.10. The molecule has 0 radical (unpaired) electrons. The number of benzene rings is 2. The van der Waals surface area contributed by atoms with Crippen molar-refractivity contribution in [3.8, 4) is 11.8 Å². The van der Waals surface area contributed by atoms with Gasteiger partial charge in [0.25, 0.3) is 0 Å². The van der Waals surface area contributed by atoms with Crippen LogP contribution in [-0.2, 0) is 0 Å². The van der Waals surface area contributed by atoms with Gasteiger partial charge in [0, 0.05) is 5.56 Å². The summed E-state index contributed by atoms with van der Waals surface area (Å²) in [5.74, 6) is -1.31. The van der Waals surface area contributed by atoms with Crippen molar-refractivity contribution in [3.05, 3.63) is 63.9 Å². The Balaban J connectivity index is 2.33. The molecule has 0 aliphatic rings. The highest BCUT2D eigenvalue weighted by Gasteiger charge is 2.22. The largest absolute Gasteiger partial charge is 0.497 e. The van der Waals surface area contributed by atoms with Crippen LogP contribution in [0.25, 0.3) is 0 Å². The molecule has 0 saturated carbocycles. The predicted octanol–water partition coefficient (Wildman–Crippen LogP) is 4.09. The molecule has 0 fully saturated rings. The zero-order chi connectivity index (χ0) is 15.4. The van der Waals surface area contributed by atoms with Gasteiger partial charge in [-0.25, -0.2) is 4.39 Å². The molecule has 2 aromatic rings. The third-order valence-electron chi connectivity index (χ3n) is 3.04. The Bertz CT molecular complexity index is 707. The number of rotatable bonds is 4. The smallest absolute Gasteiger partial charge is 0.184 e. The molecule has 0 N–H and O–H groups in total. The molecule has 21 heavy (non-hydrogen) atoms. The predicted molar refractivity (Wildman–Crippen MR) is 79.8 cm³/mol. The first-order valence-corrected chi connectivity index (χ1v) is 6.89. The molecule has 0 heterocycles. The van der Waals surface area contributed by atoms with Crippen molar-refractivity contribution in [3.63, 3.8) is 0 Å². The topological polar surface area (TPSA) is 50.1 Å². The van der Waals surface area contributed by atoms with Gasteiger partial charge in [-0.2, -0.15) is 5.26 Å². The average molecular weight is 348 g/mol. The summed E-state index contributed by atoms with van der Waals surface area (Å²) in [7, 11) is 1.53. The minimum atomic E-state index is -0.975. The molecule has 0 saturated heterocycles. The first-order chi connectivity index (χ1) is 10.1. The molecule has 2 rings (SSSR count). The zero-order valence-electron chi connectivity index (χ0n) is 11.1. The number of carbonyl (C=O) groups is 1. The summed E-state index contributed by atoms with van der Waals surface area (Å²) in [5.41, 5.74) is 0.713. The second kappa shape index (κ2) is 6.51. The molecule has 0 aromatic heterocycles. The molecule has 1 atom stereocenters. The lowest BCUT2D eigenvalue weighted by Crippen LogP contribution is -2.11. The first-order valence-electron chi connectivity index (χ1n) is 6.09. The molecular formula is C16H11BrFNO2. The standard InChI is InChI=1S/C16H11BrFNO2/c1-21-12-5-2-10(3-6-12)13(9-19)16(20)11-4-7-14(17)15(18)8-11/h2-8,13H,1H3. The van der Waals surface area contributed by atoms with Crippen molar-refractivity contribution in [1.82, 2.24) is 0 Å². The summed E-state index contributed by atoms with van der Waals surface area (Å²) in [6, 6.07) is 12.7. The number of ether oxygens (including phenoxy) is 1. The maximum atomic E-state index is 13.5. The monoisotopic (exact) mass is 347 g/mol. The third kappa shape index (κ3) is 3.29. The van der Waals surface area contributed by atoms with Crippen LogP contribution in [0.3, 0.4) is 0 Å². The summed E-state index contributed by atoms with van der Waals surface area (Å²) in [6.45, 7) is 0. The number of methoxy groups -OCH3 is 1. The summed E-state index contributed by atoms with van der Waals surface area (Å²) >= 11 is 3.03. The van der Waals surface area contributed by atoms with Gasteiger partial charge in [0.05, 0.1) is 17.7 Å². The van der Waals surface area contributed by atoms with Crippen LogP contribution in [0.2, 0.25) is 0 Å². The van der Waals surface area contributed by atoms with Crippen LogP contribution in [0.1, 0.15) is 21.8 Å². The highest BCUT2D eigenvalue weighted by molar-refractivity contribution is 9.10. The van der Waals surface area contributed by atoms with Crippen LogP contribution in [0, 0.1) is 17.1 Å². The second-order valence-corrected chi connectivity index (χ2v) is 5.18. The Morgan fingerprint density at radius 2 is 1.95 bits per heavy atom. The zero-order valence-corrected chi connectivity index (χ0v) is 12.7. The minimum Gasteiger partial charge on any atom is -0.497 e. The molecule has 2 aromatic carbocycles. The Morgan fingerprint density at radius 1 is 1.29 bits per heavy atom. The molecule has 106 valence electrons. The number of hydrogen-bond acceptors (Lipinski definition) is 3. The van der Waals surface area contributed by atoms with E-state index in [1.165, 1.54) is 19.2 Å². The minimum absolute atomic E-state index is 0.165. The Labute approximate surface area is 130 Å². The summed E-state index contributed by atoms with van der Waals surface area (Å²) in [6.07, 6.45) is 0. The van der Waals surface area contributed by atoms with Gasteiger partial charge in [-0.15, -0.1) is 0 Å². The molecule has 0 aliphatic heterocycles. The Kier molecular flexibility index (Phi) is 4.71. The van der Waals surface area contributed by atoms with Gasteiger partial charge in [-0.05, 0) is 45.8 Å². The number of Topliss-reactive ketones (excluding diaryl/α,β-unsaturated/α-hetero) is 1. The summed E-state index contributed by atoms with van der Waals surface area (Å²) in [4.78, 5) is 12.4. The molecule has 5 heteroatoms. The van der Waals surface area contributed by atoms with Gasteiger partial charge in [0.2, 0.25) is 0 Å². The molecule has 3 nitrogen and oxygen atoms in total. The SMILES string of the molecule is COc1ccc(C(C#N)C(=O)c2ccc(Br)c(F)c2)cc1. The van der Waals surface area contributed by atoms with E-state index < -0.39 is 17.5 Å². The third-order valence-corrected chi connectivity index (χ3v) is 3.69. The molecule has 0 aliphatic carbocycles. The van der Waals surface area contributed by atoms with Crippen molar-refractivity contribution in [2.24, 2.45) is 0 Å². The fourth-order valence-electron chi connectivity index (χ4n) is 1.90. The Morgan fingerprint density at radius 3 is 2.48 bits per heavy atom. The van der Waals surface area contributed by atoms with E-state index in [0.717, 1.165) is 6.07 Å². The van der Waals surface area contributed by atoms with Gasteiger partial charge >= 0.3 is 0 Å². The molecular weight excluding hydrogens is 337 g/mol. The first kappa shape index (κ1) is 15.2. The van der Waals surface area contributed by atoms with E-state index in [4.69, 9.17) is 4.74 Å². The van der Waals surface area contributed by atoms with E-state index in [-0.39, 0.29) is 10.0 Å². The van der Waals surface area contributed by atoms with Crippen LogP contribution in [-0.4, -0.2) is 12.9 Å². The van der Waals surface area contributed by atoms with E-state index in [1.54, 1.807) is 24.3 Å². The maximum absolute atomic E-state index is 13.5. The molecule has 0 spiro atoms. The number of carbonyl (C=O) groups excluding carboxylic acids is 1. The normalized spacial score (nSPS) is 11.5. The molecule has 1 unspecified atom stereocenters. The van der Waals surface area contributed by atoms with Crippen molar-refractivity contribution in [1.29, 1.82) is 5.26 Å². The second-order valence-electron chi connectivity index (χ2n) is 4.33. The molecule has 0 bridgehead atoms. The number of ketones is 1. The van der Waals surface area contributed by atoms with Crippen LogP contribution < -0.4 is 4.74 Å². The lowest BCUT2D eigenvalue weighted by atomic mass is 9.92. The number of halogens is 2. The van der Waals surface area contributed by atoms with Crippen molar-refractivity contribution in [2.45, 2.75) is 5.92 Å². The molecule has 0 amide bonds. The van der Waals surface area contributed by atoms with Crippen molar-refractivity contribution >= 4 is 21.7 Å². The van der Waals surface area contributed by atoms with E-state index in [0.29, 0.717) is 11.3 Å². The van der Waals surface area contributed by atoms with Crippen molar-refractivity contribution < 1.29 is 13.9 Å². The fraction of sp³-hybridized carbons (Fsp3) is 0.125. The highest BCUT2D eigenvalue weighted by Crippen LogP contribution is 2.25. The van der Waals surface area contributed by atoms with Crippen LogP contribution in [0.15, 0.2) is 46.9 Å². The van der Waals surface area contributed by atoms with Crippen molar-refractivity contribution in [2.75, 3.05) is 7.11 Å². The Hall–Kier alpha value is -2.19. The summed E-state index contributed by atoms with van der Waals surface area (Å²) < 4.78 is 18.8. The van der Waals surface area contributed by atoms with Gasteiger partial charge in [-0.1, -0.05) is 18.2 Å².